The fraction of sp³-hybridized carbons (Fsp3) is 0.200. The Morgan fingerprint density at radius 1 is 1.25 bits per heavy atom. The highest BCUT2D eigenvalue weighted by Gasteiger charge is 2.22. The Bertz CT molecular complexity index is 777. The zero-order valence-electron chi connectivity index (χ0n) is 11.2. The number of hydrogen-bond acceptors (Lipinski definition) is 3. The van der Waals surface area contributed by atoms with Crippen LogP contribution in [-0.2, 0) is 7.05 Å². The number of aliphatic hydroxyl groups excluding tert-OH is 1. The Labute approximate surface area is 121 Å². The van der Waals surface area contributed by atoms with Crippen LogP contribution in [0.5, 0.6) is 0 Å². The molecule has 0 aliphatic rings. The van der Waals surface area contributed by atoms with Crippen LogP contribution < -0.4 is 0 Å². The summed E-state index contributed by atoms with van der Waals surface area (Å²) in [5.74, 6) is 0. The molecular weight excluding hydrogens is 274 g/mol. The lowest BCUT2D eigenvalue weighted by Gasteiger charge is -2.13. The summed E-state index contributed by atoms with van der Waals surface area (Å²) >= 11 is 6.23. The molecule has 3 rings (SSSR count). The van der Waals surface area contributed by atoms with E-state index in [1.54, 1.807) is 17.9 Å². The molecule has 0 amide bonds. The van der Waals surface area contributed by atoms with Crippen LogP contribution in [0.15, 0.2) is 36.5 Å². The highest BCUT2D eigenvalue weighted by molar-refractivity contribution is 6.30. The second-order valence-corrected chi connectivity index (χ2v) is 5.10. The average Bonchev–Trinajstić information content (AvgIpc) is 2.71. The molecule has 0 saturated carbocycles. The smallest absolute Gasteiger partial charge is 0.133 e. The number of pyridine rings is 1. The largest absolute Gasteiger partial charge is 0.383 e. The molecule has 1 aromatic carbocycles. The maximum atomic E-state index is 10.7. The van der Waals surface area contributed by atoms with Crippen LogP contribution in [0.2, 0.25) is 5.15 Å². The van der Waals surface area contributed by atoms with Gasteiger partial charge in [-0.05, 0) is 13.0 Å². The van der Waals surface area contributed by atoms with Crippen molar-refractivity contribution in [2.75, 3.05) is 0 Å². The van der Waals surface area contributed by atoms with Crippen molar-refractivity contribution >= 4 is 22.5 Å². The number of rotatable bonds is 2. The van der Waals surface area contributed by atoms with Crippen LogP contribution in [-0.4, -0.2) is 19.9 Å². The Balaban J connectivity index is 2.20. The Morgan fingerprint density at radius 2 is 2.00 bits per heavy atom. The summed E-state index contributed by atoms with van der Waals surface area (Å²) in [6.07, 6.45) is 0.880. The lowest BCUT2D eigenvalue weighted by Crippen LogP contribution is -2.03. The number of aryl methyl sites for hydroxylation is 2. The Kier molecular flexibility index (Phi) is 3.20. The van der Waals surface area contributed by atoms with Gasteiger partial charge in [0, 0.05) is 29.8 Å². The molecule has 2 aromatic heterocycles. The minimum absolute atomic E-state index is 0.447. The van der Waals surface area contributed by atoms with Crippen LogP contribution in [0.1, 0.15) is 22.9 Å². The van der Waals surface area contributed by atoms with Crippen molar-refractivity contribution in [1.82, 2.24) is 14.8 Å². The monoisotopic (exact) mass is 287 g/mol. The first kappa shape index (κ1) is 13.1. The third-order valence-electron chi connectivity index (χ3n) is 3.43. The minimum Gasteiger partial charge on any atom is -0.383 e. The third kappa shape index (κ3) is 1.97. The van der Waals surface area contributed by atoms with Crippen LogP contribution in [0.25, 0.3) is 10.9 Å². The highest BCUT2D eigenvalue weighted by atomic mass is 35.5. The molecule has 0 spiro atoms. The first-order valence-electron chi connectivity index (χ1n) is 6.30. The van der Waals surface area contributed by atoms with Crippen molar-refractivity contribution in [3.8, 4) is 0 Å². The molecule has 1 atom stereocenters. The summed E-state index contributed by atoms with van der Waals surface area (Å²) in [4.78, 5) is 4.36. The zero-order chi connectivity index (χ0) is 14.3. The summed E-state index contributed by atoms with van der Waals surface area (Å²) in [6, 6.07) is 9.58. The van der Waals surface area contributed by atoms with Gasteiger partial charge >= 0.3 is 0 Å². The van der Waals surface area contributed by atoms with Gasteiger partial charge in [-0.2, -0.15) is 5.10 Å². The molecule has 0 saturated heterocycles. The van der Waals surface area contributed by atoms with E-state index in [-0.39, 0.29) is 0 Å². The number of aromatic nitrogens is 3. The molecule has 0 fully saturated rings. The van der Waals surface area contributed by atoms with Gasteiger partial charge in [-0.15, -0.1) is 0 Å². The molecule has 3 aromatic rings. The first-order valence-corrected chi connectivity index (χ1v) is 6.68. The molecule has 2 heterocycles. The van der Waals surface area contributed by atoms with E-state index in [9.17, 15) is 5.11 Å². The van der Waals surface area contributed by atoms with E-state index in [2.05, 4.69) is 10.1 Å². The zero-order valence-corrected chi connectivity index (χ0v) is 12.0. The van der Waals surface area contributed by atoms with Gasteiger partial charge in [0.05, 0.1) is 11.2 Å². The van der Waals surface area contributed by atoms with E-state index in [1.807, 2.05) is 37.3 Å². The summed E-state index contributed by atoms with van der Waals surface area (Å²) < 4.78 is 1.56. The van der Waals surface area contributed by atoms with Crippen molar-refractivity contribution < 1.29 is 5.11 Å². The molecule has 0 aliphatic carbocycles. The fourth-order valence-electron chi connectivity index (χ4n) is 2.46. The van der Waals surface area contributed by atoms with Gasteiger partial charge in [0.25, 0.3) is 0 Å². The number of hydrogen-bond donors (Lipinski definition) is 1. The van der Waals surface area contributed by atoms with E-state index >= 15 is 0 Å². The van der Waals surface area contributed by atoms with Crippen LogP contribution in [0.4, 0.5) is 0 Å². The van der Waals surface area contributed by atoms with E-state index in [0.717, 1.165) is 22.2 Å². The SMILES string of the molecule is Cc1nn(C)c(Cl)c1C(O)c1cccc2cccnc12. The molecule has 1 unspecified atom stereocenters. The van der Waals surface area contributed by atoms with Crippen molar-refractivity contribution in [3.05, 3.63) is 58.5 Å². The van der Waals surface area contributed by atoms with Crippen LogP contribution in [0, 0.1) is 6.92 Å². The van der Waals surface area contributed by atoms with Gasteiger partial charge in [0.2, 0.25) is 0 Å². The number of halogens is 1. The number of nitrogens with zero attached hydrogens (tertiary/aromatic N) is 3. The molecule has 4 nitrogen and oxygen atoms in total. The van der Waals surface area contributed by atoms with Crippen LogP contribution in [0.3, 0.4) is 0 Å². The molecule has 0 bridgehead atoms. The summed E-state index contributed by atoms with van der Waals surface area (Å²) in [6.45, 7) is 1.84. The predicted octanol–water partition coefficient (Wildman–Crippen LogP) is 3.01. The molecule has 5 heteroatoms. The highest BCUT2D eigenvalue weighted by Crippen LogP contribution is 2.33. The molecule has 0 radical (unpaired) electrons. The normalized spacial score (nSPS) is 12.8. The van der Waals surface area contributed by atoms with Gasteiger partial charge < -0.3 is 5.11 Å². The molecule has 0 aliphatic heterocycles. The molecular formula is C15H14ClN3O. The van der Waals surface area contributed by atoms with Crippen molar-refractivity contribution in [1.29, 1.82) is 0 Å². The second-order valence-electron chi connectivity index (χ2n) is 4.74. The fourth-order valence-corrected chi connectivity index (χ4v) is 2.74. The van der Waals surface area contributed by atoms with Gasteiger partial charge in [0.1, 0.15) is 11.3 Å². The number of fused-ring (bicyclic) bond motifs is 1. The van der Waals surface area contributed by atoms with Crippen molar-refractivity contribution in [2.45, 2.75) is 13.0 Å². The summed E-state index contributed by atoms with van der Waals surface area (Å²) in [5, 5.41) is 16.4. The molecule has 1 N–H and O–H groups in total. The molecule has 102 valence electrons. The predicted molar refractivity (Wildman–Crippen MR) is 78.8 cm³/mol. The quantitative estimate of drug-likeness (QED) is 0.788. The van der Waals surface area contributed by atoms with Crippen molar-refractivity contribution in [2.24, 2.45) is 7.05 Å². The van der Waals surface area contributed by atoms with Gasteiger partial charge in [-0.1, -0.05) is 35.9 Å². The lowest BCUT2D eigenvalue weighted by atomic mass is 9.99. The second kappa shape index (κ2) is 4.89. The Hall–Kier alpha value is -1.91. The van der Waals surface area contributed by atoms with Crippen LogP contribution >= 0.6 is 11.6 Å². The number of para-hydroxylation sites is 1. The Morgan fingerprint density at radius 3 is 2.70 bits per heavy atom. The summed E-state index contributed by atoms with van der Waals surface area (Å²) in [5.41, 5.74) is 2.87. The minimum atomic E-state index is -0.838. The lowest BCUT2D eigenvalue weighted by molar-refractivity contribution is 0.221. The van der Waals surface area contributed by atoms with E-state index in [1.165, 1.54) is 0 Å². The van der Waals surface area contributed by atoms with E-state index < -0.39 is 6.10 Å². The third-order valence-corrected chi connectivity index (χ3v) is 3.88. The van der Waals surface area contributed by atoms with Gasteiger partial charge in [-0.3, -0.25) is 9.67 Å². The first-order chi connectivity index (χ1) is 9.59. The molecule has 20 heavy (non-hydrogen) atoms. The average molecular weight is 288 g/mol. The number of aliphatic hydroxyl groups is 1. The maximum absolute atomic E-state index is 10.7. The van der Waals surface area contributed by atoms with Gasteiger partial charge in [-0.25, -0.2) is 0 Å². The van der Waals surface area contributed by atoms with E-state index in [0.29, 0.717) is 10.7 Å². The maximum Gasteiger partial charge on any atom is 0.133 e. The van der Waals surface area contributed by atoms with Gasteiger partial charge in [0.15, 0.2) is 0 Å². The topological polar surface area (TPSA) is 50.9 Å². The number of benzene rings is 1. The summed E-state index contributed by atoms with van der Waals surface area (Å²) in [7, 11) is 1.76. The van der Waals surface area contributed by atoms with E-state index in [4.69, 9.17) is 11.6 Å². The standard InChI is InChI=1S/C15H14ClN3O/c1-9-12(15(16)19(2)18-9)14(20)11-7-3-5-10-6-4-8-17-13(10)11/h3-8,14,20H,1-2H3. The van der Waals surface area contributed by atoms with Crippen molar-refractivity contribution in [3.63, 3.8) is 0 Å².